The van der Waals surface area contributed by atoms with Crippen molar-refractivity contribution in [2.45, 2.75) is 11.8 Å². The number of anilines is 2. The van der Waals surface area contributed by atoms with Crippen LogP contribution in [0.25, 0.3) is 0 Å². The van der Waals surface area contributed by atoms with Gasteiger partial charge in [-0.2, -0.15) is 0 Å². The van der Waals surface area contributed by atoms with Crippen LogP contribution in [0.2, 0.25) is 15.1 Å². The SMILES string of the molecule is Cc1ccc(S(=O)(=O)N(CC(=O)Nc2ccc(Br)c(Cl)c2)c2cc(Cl)cc(Cl)c2)cc1. The first kappa shape index (κ1) is 23.9. The summed E-state index contributed by atoms with van der Waals surface area (Å²) >= 11 is 21.5. The van der Waals surface area contributed by atoms with E-state index >= 15 is 0 Å². The van der Waals surface area contributed by atoms with Crippen LogP contribution in [0.15, 0.2) is 70.0 Å². The van der Waals surface area contributed by atoms with Crippen LogP contribution in [0.5, 0.6) is 0 Å². The highest BCUT2D eigenvalue weighted by Gasteiger charge is 2.28. The number of hydrogen-bond acceptors (Lipinski definition) is 3. The van der Waals surface area contributed by atoms with Gasteiger partial charge in [-0.1, -0.05) is 52.5 Å². The topological polar surface area (TPSA) is 66.5 Å². The van der Waals surface area contributed by atoms with Crippen LogP contribution in [0.4, 0.5) is 11.4 Å². The van der Waals surface area contributed by atoms with E-state index in [1.807, 2.05) is 6.92 Å². The Morgan fingerprint density at radius 2 is 1.58 bits per heavy atom. The minimum atomic E-state index is -4.08. The minimum Gasteiger partial charge on any atom is -0.324 e. The largest absolute Gasteiger partial charge is 0.324 e. The molecule has 0 unspecified atom stereocenters. The fraction of sp³-hybridized carbons (Fsp3) is 0.0952. The lowest BCUT2D eigenvalue weighted by Crippen LogP contribution is -2.38. The Morgan fingerprint density at radius 3 is 2.16 bits per heavy atom. The van der Waals surface area contributed by atoms with Crippen molar-refractivity contribution in [3.8, 4) is 0 Å². The van der Waals surface area contributed by atoms with Crippen LogP contribution in [0, 0.1) is 6.92 Å². The number of carbonyl (C=O) groups is 1. The van der Waals surface area contributed by atoms with Gasteiger partial charge < -0.3 is 5.32 Å². The van der Waals surface area contributed by atoms with E-state index in [1.165, 1.54) is 30.3 Å². The molecule has 0 aliphatic heterocycles. The lowest BCUT2D eigenvalue weighted by molar-refractivity contribution is -0.114. The van der Waals surface area contributed by atoms with E-state index in [4.69, 9.17) is 34.8 Å². The maximum absolute atomic E-state index is 13.4. The first-order valence-electron chi connectivity index (χ1n) is 8.86. The van der Waals surface area contributed by atoms with Gasteiger partial charge in [0.2, 0.25) is 5.91 Å². The second-order valence-corrected chi connectivity index (χ2v) is 10.6. The van der Waals surface area contributed by atoms with Crippen molar-refractivity contribution < 1.29 is 13.2 Å². The molecule has 1 N–H and O–H groups in total. The molecule has 10 heteroatoms. The van der Waals surface area contributed by atoms with Gasteiger partial charge in [-0.25, -0.2) is 8.42 Å². The number of benzene rings is 3. The molecule has 162 valence electrons. The summed E-state index contributed by atoms with van der Waals surface area (Å²) in [6, 6.07) is 15.5. The third-order valence-corrected chi connectivity index (χ3v) is 7.69. The number of carbonyl (C=O) groups excluding carboxylic acids is 1. The molecule has 0 bridgehead atoms. The first-order chi connectivity index (χ1) is 14.6. The summed E-state index contributed by atoms with van der Waals surface area (Å²) in [4.78, 5) is 12.8. The molecule has 0 spiro atoms. The molecule has 3 rings (SSSR count). The minimum absolute atomic E-state index is 0.0358. The summed E-state index contributed by atoms with van der Waals surface area (Å²) in [5, 5.41) is 3.55. The van der Waals surface area contributed by atoms with Crippen molar-refractivity contribution in [2.75, 3.05) is 16.2 Å². The fourth-order valence-electron chi connectivity index (χ4n) is 2.74. The van der Waals surface area contributed by atoms with E-state index in [2.05, 4.69) is 21.2 Å². The Labute approximate surface area is 204 Å². The molecule has 0 atom stereocenters. The van der Waals surface area contributed by atoms with E-state index in [0.717, 1.165) is 9.87 Å². The number of amides is 1. The highest BCUT2D eigenvalue weighted by Crippen LogP contribution is 2.30. The second kappa shape index (κ2) is 9.79. The number of nitrogens with one attached hydrogen (secondary N) is 1. The highest BCUT2D eigenvalue weighted by molar-refractivity contribution is 9.10. The quantitative estimate of drug-likeness (QED) is 0.371. The molecule has 0 saturated heterocycles. The molecule has 0 aliphatic carbocycles. The second-order valence-electron chi connectivity index (χ2n) is 6.63. The predicted octanol–water partition coefficient (Wildman–Crippen LogP) is 6.55. The molecule has 1 amide bonds. The molecule has 0 aliphatic rings. The molecule has 3 aromatic rings. The summed E-state index contributed by atoms with van der Waals surface area (Å²) in [7, 11) is -4.08. The monoisotopic (exact) mass is 560 g/mol. The Bertz CT molecular complexity index is 1210. The standard InChI is InChI=1S/C21H16BrCl3N2O3S/c1-13-2-5-18(6-3-13)31(29,30)27(17-9-14(23)8-15(24)10-17)12-21(28)26-16-4-7-19(22)20(25)11-16/h2-11H,12H2,1H3,(H,26,28). The average molecular weight is 563 g/mol. The maximum atomic E-state index is 13.4. The normalized spacial score (nSPS) is 11.3. The molecule has 0 saturated carbocycles. The fourth-order valence-corrected chi connectivity index (χ4v) is 5.09. The van der Waals surface area contributed by atoms with Crippen molar-refractivity contribution >= 4 is 78.0 Å². The van der Waals surface area contributed by atoms with E-state index in [0.29, 0.717) is 15.2 Å². The van der Waals surface area contributed by atoms with Crippen molar-refractivity contribution in [1.29, 1.82) is 0 Å². The Hall–Kier alpha value is -1.77. The summed E-state index contributed by atoms with van der Waals surface area (Å²) in [6.07, 6.45) is 0. The smallest absolute Gasteiger partial charge is 0.264 e. The van der Waals surface area contributed by atoms with E-state index in [-0.39, 0.29) is 20.6 Å². The van der Waals surface area contributed by atoms with Crippen molar-refractivity contribution in [1.82, 2.24) is 0 Å². The molecule has 0 heterocycles. The van der Waals surface area contributed by atoms with Gasteiger partial charge in [0.25, 0.3) is 10.0 Å². The Kier molecular flexibility index (Phi) is 7.55. The van der Waals surface area contributed by atoms with Crippen LogP contribution in [-0.2, 0) is 14.8 Å². The number of rotatable bonds is 6. The third kappa shape index (κ3) is 5.93. The number of hydrogen-bond donors (Lipinski definition) is 1. The highest BCUT2D eigenvalue weighted by atomic mass is 79.9. The number of nitrogens with zero attached hydrogens (tertiary/aromatic N) is 1. The lowest BCUT2D eigenvalue weighted by Gasteiger charge is -2.24. The van der Waals surface area contributed by atoms with E-state index < -0.39 is 22.5 Å². The number of aryl methyl sites for hydroxylation is 1. The van der Waals surface area contributed by atoms with Crippen LogP contribution in [-0.4, -0.2) is 20.9 Å². The Balaban J connectivity index is 1.98. The molecule has 0 radical (unpaired) electrons. The zero-order chi connectivity index (χ0) is 22.8. The van der Waals surface area contributed by atoms with Gasteiger partial charge in [0.05, 0.1) is 15.6 Å². The van der Waals surface area contributed by atoms with Crippen molar-refractivity contribution in [3.05, 3.63) is 85.8 Å². The van der Waals surface area contributed by atoms with Gasteiger partial charge in [-0.15, -0.1) is 0 Å². The molecule has 31 heavy (non-hydrogen) atoms. The molecule has 3 aromatic carbocycles. The molecular formula is C21H16BrCl3N2O3S. The van der Waals surface area contributed by atoms with Crippen LogP contribution >= 0.6 is 50.7 Å². The molecular weight excluding hydrogens is 547 g/mol. The molecule has 0 aromatic heterocycles. The first-order valence-corrected chi connectivity index (χ1v) is 12.2. The maximum Gasteiger partial charge on any atom is 0.264 e. The van der Waals surface area contributed by atoms with Gasteiger partial charge in [-0.3, -0.25) is 9.10 Å². The van der Waals surface area contributed by atoms with Gasteiger partial charge in [-0.05, 0) is 71.4 Å². The summed E-state index contributed by atoms with van der Waals surface area (Å²) in [5.41, 5.74) is 1.50. The Morgan fingerprint density at radius 1 is 0.968 bits per heavy atom. The van der Waals surface area contributed by atoms with Gasteiger partial charge >= 0.3 is 0 Å². The van der Waals surface area contributed by atoms with Crippen molar-refractivity contribution in [2.24, 2.45) is 0 Å². The van der Waals surface area contributed by atoms with E-state index in [1.54, 1.807) is 30.3 Å². The van der Waals surface area contributed by atoms with Gasteiger partial charge in [0, 0.05) is 20.2 Å². The van der Waals surface area contributed by atoms with Gasteiger partial charge in [0.15, 0.2) is 0 Å². The van der Waals surface area contributed by atoms with E-state index in [9.17, 15) is 13.2 Å². The molecule has 0 fully saturated rings. The lowest BCUT2D eigenvalue weighted by atomic mass is 10.2. The summed E-state index contributed by atoms with van der Waals surface area (Å²) in [5.74, 6) is -0.565. The average Bonchev–Trinajstić information content (AvgIpc) is 2.68. The van der Waals surface area contributed by atoms with Crippen LogP contribution in [0.3, 0.4) is 0 Å². The van der Waals surface area contributed by atoms with Crippen LogP contribution in [0.1, 0.15) is 5.56 Å². The van der Waals surface area contributed by atoms with Crippen LogP contribution < -0.4 is 9.62 Å². The number of halogens is 4. The van der Waals surface area contributed by atoms with Crippen molar-refractivity contribution in [3.63, 3.8) is 0 Å². The zero-order valence-electron chi connectivity index (χ0n) is 16.1. The summed E-state index contributed by atoms with van der Waals surface area (Å²) in [6.45, 7) is 1.35. The van der Waals surface area contributed by atoms with Gasteiger partial charge in [0.1, 0.15) is 6.54 Å². The summed E-state index contributed by atoms with van der Waals surface area (Å²) < 4.78 is 28.4. The third-order valence-electron chi connectivity index (χ3n) is 4.23. The molecule has 5 nitrogen and oxygen atoms in total. The number of sulfonamides is 1. The zero-order valence-corrected chi connectivity index (χ0v) is 20.7. The predicted molar refractivity (Wildman–Crippen MR) is 130 cm³/mol.